The Kier molecular flexibility index (Phi) is 13.8. The first kappa shape index (κ1) is 31.3. The third kappa shape index (κ3) is 9.65. The van der Waals surface area contributed by atoms with E-state index in [0.717, 1.165) is 6.61 Å². The van der Waals surface area contributed by atoms with Crippen molar-refractivity contribution in [2.75, 3.05) is 6.61 Å². The Bertz CT molecular complexity index is 554. The first-order valence-corrected chi connectivity index (χ1v) is 11.2. The second-order valence-corrected chi connectivity index (χ2v) is 9.34. The molecule has 0 spiro atoms. The summed E-state index contributed by atoms with van der Waals surface area (Å²) in [7, 11) is -4.77. The first-order chi connectivity index (χ1) is 12.9. The zero-order valence-electron chi connectivity index (χ0n) is 18.2. The maximum atomic E-state index is 12.3. The molecule has 2 unspecified atom stereocenters. The Morgan fingerprint density at radius 2 is 1.80 bits per heavy atom. The molecule has 2 rings (SSSR count). The predicted molar refractivity (Wildman–Crippen MR) is 98.0 cm³/mol. The molecule has 178 valence electrons. The largest absolute Gasteiger partial charge is 0.758 e. The van der Waals surface area contributed by atoms with Gasteiger partial charge < -0.3 is 38.0 Å². The van der Waals surface area contributed by atoms with Crippen molar-refractivity contribution in [2.45, 2.75) is 103 Å². The van der Waals surface area contributed by atoms with Gasteiger partial charge in [0.2, 0.25) is 13.6 Å². The molecule has 7 atom stereocenters. The molecule has 9 nitrogen and oxygen atoms in total. The molecule has 0 saturated carbocycles. The Balaban J connectivity index is 0.00000420. The van der Waals surface area contributed by atoms with Crippen molar-refractivity contribution >= 4 is 7.82 Å². The fourth-order valence-corrected chi connectivity index (χ4v) is 4.17. The number of phosphoric acid groups is 1. The summed E-state index contributed by atoms with van der Waals surface area (Å²) in [4.78, 5) is 12.3. The molecule has 0 aromatic rings. The van der Waals surface area contributed by atoms with Crippen LogP contribution in [-0.4, -0.2) is 60.2 Å². The van der Waals surface area contributed by atoms with E-state index in [4.69, 9.17) is 28.0 Å². The molecule has 2 heterocycles. The first-order valence-electron chi connectivity index (χ1n) is 9.74. The topological polar surface area (TPSA) is 116 Å². The molecule has 0 radical (unpaired) electrons. The molecule has 0 aliphatic carbocycles. The summed E-state index contributed by atoms with van der Waals surface area (Å²) in [6, 6.07) is 0. The van der Waals surface area contributed by atoms with Gasteiger partial charge in [0.25, 0.3) is 0 Å². The molecule has 2 fully saturated rings. The van der Waals surface area contributed by atoms with Crippen molar-refractivity contribution in [3.05, 3.63) is 6.61 Å². The molecule has 2 aliphatic rings. The van der Waals surface area contributed by atoms with Crippen LogP contribution < -0.4 is 4.89 Å². The van der Waals surface area contributed by atoms with Gasteiger partial charge in [-0.15, -0.1) is 0 Å². The van der Waals surface area contributed by atoms with Crippen LogP contribution in [0.4, 0.5) is 0 Å². The fourth-order valence-electron chi connectivity index (χ4n) is 3.29. The van der Waals surface area contributed by atoms with Gasteiger partial charge in [0.15, 0.2) is 0 Å². The summed E-state index contributed by atoms with van der Waals surface area (Å²) in [6.45, 7) is 11.8. The van der Waals surface area contributed by atoms with Gasteiger partial charge in [-0.3, -0.25) is 4.57 Å². The molecule has 0 amide bonds. The fraction of sp³-hybridized carbons (Fsp3) is 0.944. The van der Waals surface area contributed by atoms with Crippen LogP contribution in [0.1, 0.15) is 54.4 Å². The molecule has 1 N–H and O–H groups in total. The van der Waals surface area contributed by atoms with Crippen LogP contribution in [-0.2, 0) is 74.7 Å². The standard InChI is InChI=1S/C18H34O9P.2W/c1-11(2)22-10-18(19)17(8-14(6)26-18)27-28(20,21)23-9-16-15(24-12(3)4)7-13(5)25-16;;/h9,11-17,19H,7-8,10H2,1-6H3,(H,20,21);;/q-1;;/p-1/t13-,14-,15?,16+,17+,18+;;/m0../s1. The number of hydrogen-bond acceptors (Lipinski definition) is 9. The number of phosphoric ester groups is 1. The van der Waals surface area contributed by atoms with Gasteiger partial charge in [-0.2, -0.15) is 6.61 Å². The van der Waals surface area contributed by atoms with Gasteiger partial charge in [0.1, 0.15) is 12.7 Å². The Hall–Kier alpha value is 1.29. The third-order valence-corrected chi connectivity index (χ3v) is 5.32. The monoisotopic (exact) mass is 792 g/mol. The van der Waals surface area contributed by atoms with Gasteiger partial charge >= 0.3 is 0 Å². The summed E-state index contributed by atoms with van der Waals surface area (Å²) in [6.07, 6.45) is -1.92. The average molecular weight is 792 g/mol. The molecule has 2 aliphatic heterocycles. The van der Waals surface area contributed by atoms with Crippen molar-refractivity contribution in [2.24, 2.45) is 0 Å². The van der Waals surface area contributed by atoms with Crippen molar-refractivity contribution in [3.63, 3.8) is 0 Å². The van der Waals surface area contributed by atoms with Crippen LogP contribution in [0.2, 0.25) is 0 Å². The van der Waals surface area contributed by atoms with Crippen molar-refractivity contribution in [3.8, 4) is 0 Å². The van der Waals surface area contributed by atoms with E-state index in [1.165, 1.54) is 0 Å². The predicted octanol–water partition coefficient (Wildman–Crippen LogP) is 1.91. The zero-order valence-corrected chi connectivity index (χ0v) is 25.0. The van der Waals surface area contributed by atoms with E-state index in [2.05, 4.69) is 0 Å². The summed E-state index contributed by atoms with van der Waals surface area (Å²) in [5.74, 6) is -1.87. The van der Waals surface area contributed by atoms with E-state index in [9.17, 15) is 14.6 Å². The van der Waals surface area contributed by atoms with E-state index < -0.39 is 31.9 Å². The minimum absolute atomic E-state index is 0. The molecule has 0 bridgehead atoms. The maximum absolute atomic E-state index is 12.3. The Morgan fingerprint density at radius 3 is 2.37 bits per heavy atom. The summed E-state index contributed by atoms with van der Waals surface area (Å²) >= 11 is 0. The molecule has 0 aromatic carbocycles. The summed E-state index contributed by atoms with van der Waals surface area (Å²) in [5.41, 5.74) is 0. The normalized spacial score (nSPS) is 35.9. The van der Waals surface area contributed by atoms with Crippen molar-refractivity contribution in [1.29, 1.82) is 0 Å². The zero-order chi connectivity index (χ0) is 21.1. The van der Waals surface area contributed by atoms with Crippen LogP contribution in [0, 0.1) is 6.61 Å². The minimum atomic E-state index is -4.77. The summed E-state index contributed by atoms with van der Waals surface area (Å²) in [5, 5.41) is 10.6. The van der Waals surface area contributed by atoms with Crippen LogP contribution in [0.25, 0.3) is 0 Å². The third-order valence-electron chi connectivity index (χ3n) is 4.43. The molecule has 30 heavy (non-hydrogen) atoms. The average Bonchev–Trinajstić information content (AvgIpc) is 3.02. The van der Waals surface area contributed by atoms with Crippen molar-refractivity contribution < 1.29 is 84.7 Å². The number of aliphatic hydroxyl groups is 1. The number of rotatable bonds is 10. The van der Waals surface area contributed by atoms with E-state index in [0.29, 0.717) is 6.42 Å². The van der Waals surface area contributed by atoms with Gasteiger partial charge in [-0.05, 0) is 54.1 Å². The van der Waals surface area contributed by atoms with Crippen LogP contribution >= 0.6 is 7.82 Å². The Labute approximate surface area is 208 Å². The van der Waals surface area contributed by atoms with Crippen LogP contribution in [0.15, 0.2) is 0 Å². The second kappa shape index (κ2) is 13.2. The van der Waals surface area contributed by atoms with Gasteiger partial charge in [0.05, 0.1) is 30.5 Å². The van der Waals surface area contributed by atoms with Gasteiger partial charge in [-0.1, -0.05) is 0 Å². The van der Waals surface area contributed by atoms with Crippen molar-refractivity contribution in [1.82, 2.24) is 0 Å². The van der Waals surface area contributed by atoms with E-state index in [1.807, 2.05) is 20.8 Å². The Morgan fingerprint density at radius 1 is 1.17 bits per heavy atom. The van der Waals surface area contributed by atoms with Gasteiger partial charge in [-0.25, -0.2) is 0 Å². The van der Waals surface area contributed by atoms with Gasteiger partial charge in [0, 0.05) is 48.6 Å². The number of hydrogen-bond donors (Lipinski definition) is 1. The smallest absolute Gasteiger partial charge is 0.237 e. The molecule has 2 saturated heterocycles. The molecular weight excluding hydrogens is 759 g/mol. The van der Waals surface area contributed by atoms with Crippen LogP contribution in [0.5, 0.6) is 0 Å². The van der Waals surface area contributed by atoms with Crippen LogP contribution in [0.3, 0.4) is 0 Å². The quantitative estimate of drug-likeness (QED) is 0.262. The minimum Gasteiger partial charge on any atom is -0.758 e. The second-order valence-electron chi connectivity index (χ2n) is 8.02. The number of ether oxygens (including phenoxy) is 4. The molecule has 0 aromatic heterocycles. The van der Waals surface area contributed by atoms with E-state index in [1.54, 1.807) is 20.8 Å². The molecular formula is C18H33O9PW2-2. The van der Waals surface area contributed by atoms with E-state index in [-0.39, 0.29) is 79.6 Å². The SMILES string of the molecule is CC(C)OC[C@@]1(O)O[C@@H](C)C[C@H]1OP(=O)([O-])O[CH-][C@H]1O[C@@H](C)CC1OC(C)C.[W].[W]. The van der Waals surface area contributed by atoms with E-state index >= 15 is 0 Å². The maximum Gasteiger partial charge on any atom is 0.237 e. The molecule has 12 heteroatoms. The summed E-state index contributed by atoms with van der Waals surface area (Å²) < 4.78 is 44.6.